The predicted molar refractivity (Wildman–Crippen MR) is 101 cm³/mol. The number of carbonyl (C=O) groups is 3. The molecule has 0 bridgehead atoms. The second-order valence-electron chi connectivity index (χ2n) is 5.79. The highest BCUT2D eigenvalue weighted by atomic mass is 35.5. The Morgan fingerprint density at radius 3 is 2.48 bits per heavy atom. The smallest absolute Gasteiger partial charge is 0.322 e. The van der Waals surface area contributed by atoms with Crippen LogP contribution in [0.5, 0.6) is 0 Å². The van der Waals surface area contributed by atoms with Crippen LogP contribution < -0.4 is 10.6 Å². The number of carboxylic acids is 1. The van der Waals surface area contributed by atoms with Gasteiger partial charge in [-0.15, -0.1) is 0 Å². The topological polar surface area (TPSA) is 108 Å². The van der Waals surface area contributed by atoms with Gasteiger partial charge in [0.25, 0.3) is 5.91 Å². The lowest BCUT2D eigenvalue weighted by Crippen LogP contribution is -2.55. The summed E-state index contributed by atoms with van der Waals surface area (Å²) in [7, 11) is 0. The first-order valence-corrected chi connectivity index (χ1v) is 8.36. The Bertz CT molecular complexity index is 853. The lowest BCUT2D eigenvalue weighted by Gasteiger charge is -2.28. The van der Waals surface area contributed by atoms with Crippen LogP contribution in [0, 0.1) is 0 Å². The Morgan fingerprint density at radius 2 is 1.89 bits per heavy atom. The Kier molecular flexibility index (Phi) is 6.67. The first-order valence-electron chi connectivity index (χ1n) is 7.98. The second kappa shape index (κ2) is 8.95. The minimum Gasteiger partial charge on any atom is -0.480 e. The molecular formula is C19H18ClN3O4. The molecule has 140 valence electrons. The summed E-state index contributed by atoms with van der Waals surface area (Å²) < 4.78 is 0. The van der Waals surface area contributed by atoms with Crippen LogP contribution in [0.2, 0.25) is 5.02 Å². The summed E-state index contributed by atoms with van der Waals surface area (Å²) >= 11 is 5.82. The number of aliphatic carboxylic acids is 1. The van der Waals surface area contributed by atoms with Crippen molar-refractivity contribution in [1.82, 2.24) is 15.6 Å². The minimum absolute atomic E-state index is 0.279. The fraction of sp³-hybridized carbons (Fsp3) is 0.158. The van der Waals surface area contributed by atoms with E-state index in [1.807, 2.05) is 0 Å². The molecule has 0 spiro atoms. The van der Waals surface area contributed by atoms with Gasteiger partial charge in [0, 0.05) is 17.3 Å². The van der Waals surface area contributed by atoms with Crippen molar-refractivity contribution in [2.45, 2.75) is 12.5 Å². The SMILES string of the molecule is C[C@@](NC(=O)/C=C/c1ccc(Cl)cc1)(C(=O)NCC(=O)O)c1ccccn1. The Balaban J connectivity index is 2.20. The molecule has 0 unspecified atom stereocenters. The number of amides is 2. The fourth-order valence-corrected chi connectivity index (χ4v) is 2.39. The number of aromatic nitrogens is 1. The Hall–Kier alpha value is -3.19. The van der Waals surface area contributed by atoms with Crippen LogP contribution in [-0.2, 0) is 19.9 Å². The standard InChI is InChI=1S/C19H18ClN3O4/c1-19(15-4-2-3-11-21-15,18(27)22-12-17(25)26)23-16(24)10-7-13-5-8-14(20)9-6-13/h2-11H,12H2,1H3,(H,22,27)(H,23,24)(H,25,26)/b10-7+/t19-/m0/s1. The number of benzene rings is 1. The van der Waals surface area contributed by atoms with E-state index in [0.717, 1.165) is 5.56 Å². The van der Waals surface area contributed by atoms with Crippen molar-refractivity contribution >= 4 is 35.5 Å². The molecule has 1 heterocycles. The van der Waals surface area contributed by atoms with E-state index in [1.165, 1.54) is 19.2 Å². The molecule has 0 saturated carbocycles. The number of hydrogen-bond donors (Lipinski definition) is 3. The molecule has 2 rings (SSSR count). The van der Waals surface area contributed by atoms with Crippen molar-refractivity contribution in [3.05, 3.63) is 71.0 Å². The summed E-state index contributed by atoms with van der Waals surface area (Å²) in [5.41, 5.74) is -0.511. The number of carbonyl (C=O) groups excluding carboxylic acids is 2. The summed E-state index contributed by atoms with van der Waals surface area (Å²) in [5.74, 6) is -2.42. The van der Waals surface area contributed by atoms with Crippen molar-refractivity contribution in [3.8, 4) is 0 Å². The van der Waals surface area contributed by atoms with E-state index >= 15 is 0 Å². The number of pyridine rings is 1. The number of halogens is 1. The molecular weight excluding hydrogens is 370 g/mol. The zero-order valence-corrected chi connectivity index (χ0v) is 15.2. The lowest BCUT2D eigenvalue weighted by molar-refractivity contribution is -0.139. The minimum atomic E-state index is -1.54. The molecule has 1 aromatic heterocycles. The number of hydrogen-bond acceptors (Lipinski definition) is 4. The third-order valence-corrected chi connectivity index (χ3v) is 3.95. The van der Waals surface area contributed by atoms with Gasteiger partial charge in [0.1, 0.15) is 6.54 Å². The van der Waals surface area contributed by atoms with E-state index in [-0.39, 0.29) is 5.69 Å². The normalized spacial score (nSPS) is 13.0. The van der Waals surface area contributed by atoms with Gasteiger partial charge in [0.15, 0.2) is 5.54 Å². The van der Waals surface area contributed by atoms with Crippen LogP contribution in [0.3, 0.4) is 0 Å². The number of carboxylic acid groups (broad SMARTS) is 1. The van der Waals surface area contributed by atoms with Crippen molar-refractivity contribution in [1.29, 1.82) is 0 Å². The summed E-state index contributed by atoms with van der Waals surface area (Å²) in [4.78, 5) is 39.8. The van der Waals surface area contributed by atoms with E-state index in [9.17, 15) is 14.4 Å². The summed E-state index contributed by atoms with van der Waals surface area (Å²) in [6.45, 7) is 0.887. The van der Waals surface area contributed by atoms with Gasteiger partial charge in [-0.25, -0.2) is 0 Å². The first kappa shape index (κ1) is 20.1. The van der Waals surface area contributed by atoms with Crippen molar-refractivity contribution in [3.63, 3.8) is 0 Å². The third kappa shape index (κ3) is 5.65. The van der Waals surface area contributed by atoms with E-state index in [2.05, 4.69) is 15.6 Å². The van der Waals surface area contributed by atoms with Crippen molar-refractivity contribution in [2.24, 2.45) is 0 Å². The van der Waals surface area contributed by atoms with Crippen molar-refractivity contribution < 1.29 is 19.5 Å². The molecule has 0 radical (unpaired) electrons. The highest BCUT2D eigenvalue weighted by Crippen LogP contribution is 2.19. The molecule has 3 N–H and O–H groups in total. The molecule has 0 aliphatic heterocycles. The number of rotatable bonds is 7. The molecule has 0 fully saturated rings. The van der Waals surface area contributed by atoms with Gasteiger partial charge in [0.05, 0.1) is 5.69 Å². The lowest BCUT2D eigenvalue weighted by atomic mass is 9.95. The maximum atomic E-state index is 12.5. The quantitative estimate of drug-likeness (QED) is 0.629. The van der Waals surface area contributed by atoms with Crippen LogP contribution in [0.15, 0.2) is 54.7 Å². The van der Waals surface area contributed by atoms with E-state index in [4.69, 9.17) is 16.7 Å². The third-order valence-electron chi connectivity index (χ3n) is 3.70. The molecule has 0 aliphatic carbocycles. The summed E-state index contributed by atoms with van der Waals surface area (Å²) in [5, 5.41) is 14.2. The van der Waals surface area contributed by atoms with Gasteiger partial charge in [-0.3, -0.25) is 19.4 Å². The average Bonchev–Trinajstić information content (AvgIpc) is 2.66. The highest BCUT2D eigenvalue weighted by Gasteiger charge is 2.37. The number of nitrogens with one attached hydrogen (secondary N) is 2. The molecule has 1 atom stereocenters. The molecule has 0 aliphatic rings. The van der Waals surface area contributed by atoms with Gasteiger partial charge in [0.2, 0.25) is 5.91 Å². The van der Waals surface area contributed by atoms with Crippen molar-refractivity contribution in [2.75, 3.05) is 6.54 Å². The molecule has 2 amide bonds. The van der Waals surface area contributed by atoms with Crippen LogP contribution in [0.1, 0.15) is 18.2 Å². The van der Waals surface area contributed by atoms with Crippen LogP contribution in [0.4, 0.5) is 0 Å². The van der Waals surface area contributed by atoms with E-state index in [0.29, 0.717) is 5.02 Å². The molecule has 27 heavy (non-hydrogen) atoms. The van der Waals surface area contributed by atoms with Crippen LogP contribution in [0.25, 0.3) is 6.08 Å². The summed E-state index contributed by atoms with van der Waals surface area (Å²) in [6, 6.07) is 11.8. The Morgan fingerprint density at radius 1 is 1.19 bits per heavy atom. The second-order valence-corrected chi connectivity index (χ2v) is 6.23. The molecule has 7 nitrogen and oxygen atoms in total. The highest BCUT2D eigenvalue weighted by molar-refractivity contribution is 6.30. The number of nitrogens with zero attached hydrogens (tertiary/aromatic N) is 1. The van der Waals surface area contributed by atoms with E-state index in [1.54, 1.807) is 48.5 Å². The zero-order valence-electron chi connectivity index (χ0n) is 14.5. The Labute approximate surface area is 161 Å². The molecule has 0 saturated heterocycles. The van der Waals surface area contributed by atoms with Gasteiger partial charge in [-0.1, -0.05) is 29.8 Å². The molecule has 8 heteroatoms. The molecule has 2 aromatic rings. The summed E-state index contributed by atoms with van der Waals surface area (Å²) in [6.07, 6.45) is 4.32. The van der Waals surface area contributed by atoms with E-state index < -0.39 is 29.9 Å². The van der Waals surface area contributed by atoms with Gasteiger partial charge in [-0.05, 0) is 42.8 Å². The largest absolute Gasteiger partial charge is 0.480 e. The maximum absolute atomic E-state index is 12.5. The fourth-order valence-electron chi connectivity index (χ4n) is 2.26. The predicted octanol–water partition coefficient (Wildman–Crippen LogP) is 1.98. The average molecular weight is 388 g/mol. The maximum Gasteiger partial charge on any atom is 0.322 e. The van der Waals surface area contributed by atoms with Gasteiger partial charge in [-0.2, -0.15) is 0 Å². The zero-order chi connectivity index (χ0) is 19.9. The van der Waals surface area contributed by atoms with Gasteiger partial charge >= 0.3 is 5.97 Å². The first-order chi connectivity index (χ1) is 12.8. The molecule has 1 aromatic carbocycles. The van der Waals surface area contributed by atoms with Crippen LogP contribution in [-0.4, -0.2) is 34.4 Å². The monoisotopic (exact) mass is 387 g/mol. The van der Waals surface area contributed by atoms with Crippen LogP contribution >= 0.6 is 11.6 Å². The van der Waals surface area contributed by atoms with Gasteiger partial charge < -0.3 is 15.7 Å².